The first-order valence-electron chi connectivity index (χ1n) is 2.51. The van der Waals surface area contributed by atoms with Crippen LogP contribution < -0.4 is 0 Å². The van der Waals surface area contributed by atoms with Crippen molar-refractivity contribution in [2.24, 2.45) is 0 Å². The quantitative estimate of drug-likeness (QED) is 0.510. The van der Waals surface area contributed by atoms with Gasteiger partial charge in [-0.1, -0.05) is 0 Å². The lowest BCUT2D eigenvalue weighted by molar-refractivity contribution is 1.25. The van der Waals surface area contributed by atoms with Gasteiger partial charge in [-0.05, 0) is 19.1 Å². The van der Waals surface area contributed by atoms with Gasteiger partial charge in [0.25, 0.3) is 0 Å². The molecule has 1 aromatic rings. The Morgan fingerprint density at radius 3 is 2.78 bits per heavy atom. The average molecular weight is 117 g/mol. The number of hydrogen-bond acceptors (Lipinski definition) is 2. The molecule has 0 aliphatic rings. The molecule has 2 heteroatoms. The smallest absolute Gasteiger partial charge is 0.101 e. The zero-order chi connectivity index (χ0) is 6.69. The molecule has 43 valence electrons. The second kappa shape index (κ2) is 2.27. The van der Waals surface area contributed by atoms with Crippen LogP contribution in [-0.2, 0) is 0 Å². The molecule has 0 amide bonds. The summed E-state index contributed by atoms with van der Waals surface area (Å²) in [6, 6.07) is 5.36. The van der Waals surface area contributed by atoms with E-state index >= 15 is 0 Å². The van der Waals surface area contributed by atoms with Gasteiger partial charge in [-0.2, -0.15) is 5.26 Å². The number of nitriles is 1. The lowest BCUT2D eigenvalue weighted by atomic mass is 10.3. The van der Waals surface area contributed by atoms with Crippen molar-refractivity contribution in [2.75, 3.05) is 0 Å². The molecule has 1 heterocycles. The molecule has 1 aromatic heterocycles. The van der Waals surface area contributed by atoms with E-state index in [-0.39, 0.29) is 0 Å². The molecular weight excluding hydrogens is 112 g/mol. The zero-order valence-electron chi connectivity index (χ0n) is 4.83. The molecule has 0 saturated heterocycles. The topological polar surface area (TPSA) is 36.7 Å². The van der Waals surface area contributed by atoms with Crippen LogP contribution in [0.5, 0.6) is 0 Å². The molecule has 0 aromatic carbocycles. The summed E-state index contributed by atoms with van der Waals surface area (Å²) >= 11 is 0. The summed E-state index contributed by atoms with van der Waals surface area (Å²) in [6.07, 6.45) is 1.50. The van der Waals surface area contributed by atoms with E-state index in [2.05, 4.69) is 11.9 Å². The normalized spacial score (nSPS) is 8.44. The van der Waals surface area contributed by atoms with Crippen molar-refractivity contribution in [3.05, 3.63) is 36.5 Å². The predicted octanol–water partition coefficient (Wildman–Crippen LogP) is 1.14. The van der Waals surface area contributed by atoms with Crippen molar-refractivity contribution in [3.8, 4) is 6.07 Å². The maximum atomic E-state index is 8.32. The number of nitrogens with zero attached hydrogens (tertiary/aromatic N) is 2. The van der Waals surface area contributed by atoms with Gasteiger partial charge in [0.1, 0.15) is 6.07 Å². The van der Waals surface area contributed by atoms with Gasteiger partial charge in [-0.15, -0.1) is 0 Å². The summed E-state index contributed by atoms with van der Waals surface area (Å²) in [6.45, 7) is 3.58. The van der Waals surface area contributed by atoms with Gasteiger partial charge >= 0.3 is 0 Å². The first-order chi connectivity index (χ1) is 4.33. The van der Waals surface area contributed by atoms with E-state index in [9.17, 15) is 0 Å². The van der Waals surface area contributed by atoms with Gasteiger partial charge in [0, 0.05) is 11.9 Å². The van der Waals surface area contributed by atoms with Crippen LogP contribution in [0.4, 0.5) is 0 Å². The highest BCUT2D eigenvalue weighted by atomic mass is 14.7. The highest BCUT2D eigenvalue weighted by Gasteiger charge is 1.86. The van der Waals surface area contributed by atoms with E-state index in [4.69, 9.17) is 5.26 Å². The van der Waals surface area contributed by atoms with E-state index in [0.29, 0.717) is 11.3 Å². The fraction of sp³-hybridized carbons (Fsp3) is 0. The average Bonchev–Trinajstić information content (AvgIpc) is 1.90. The van der Waals surface area contributed by atoms with Crippen LogP contribution in [0.3, 0.4) is 0 Å². The summed E-state index contributed by atoms with van der Waals surface area (Å²) in [7, 11) is 0. The first kappa shape index (κ1) is 5.77. The molecule has 2 nitrogen and oxygen atoms in total. The molecule has 0 N–H and O–H groups in total. The largest absolute Gasteiger partial charge is 0.260 e. The summed E-state index contributed by atoms with van der Waals surface area (Å²) in [4.78, 5) is 3.82. The Balaban J connectivity index is 3.06. The second-order valence-electron chi connectivity index (χ2n) is 1.65. The standard InChI is InChI=1S/C7H5N2/c1-6-2-3-7(4-8)5-9-6/h2-3,5H,1H2. The van der Waals surface area contributed by atoms with Gasteiger partial charge in [-0.25, -0.2) is 0 Å². The number of hydrogen-bond donors (Lipinski definition) is 0. The zero-order valence-corrected chi connectivity index (χ0v) is 4.83. The minimum atomic E-state index is 0.572. The van der Waals surface area contributed by atoms with Crippen LogP contribution in [0.2, 0.25) is 0 Å². The van der Waals surface area contributed by atoms with E-state index in [1.807, 2.05) is 6.07 Å². The highest BCUT2D eigenvalue weighted by Crippen LogP contribution is 1.95. The van der Waals surface area contributed by atoms with Gasteiger partial charge in [0.05, 0.1) is 5.56 Å². The van der Waals surface area contributed by atoms with Gasteiger partial charge < -0.3 is 0 Å². The van der Waals surface area contributed by atoms with Crippen molar-refractivity contribution in [1.29, 1.82) is 5.26 Å². The van der Waals surface area contributed by atoms with Crippen LogP contribution in [-0.4, -0.2) is 4.98 Å². The van der Waals surface area contributed by atoms with Crippen molar-refractivity contribution in [1.82, 2.24) is 4.98 Å². The molecule has 1 rings (SSSR count). The molecule has 0 bridgehead atoms. The van der Waals surface area contributed by atoms with Gasteiger partial charge in [0.15, 0.2) is 0 Å². The lowest BCUT2D eigenvalue weighted by Gasteiger charge is -1.87. The molecular formula is C7H5N2. The molecule has 0 fully saturated rings. The Kier molecular flexibility index (Phi) is 1.46. The number of pyridine rings is 1. The summed E-state index contributed by atoms with van der Waals surface area (Å²) < 4.78 is 0. The number of aromatic nitrogens is 1. The third kappa shape index (κ3) is 1.26. The molecule has 0 aliphatic carbocycles. The Labute approximate surface area is 53.8 Å². The Hall–Kier alpha value is -1.36. The molecule has 0 saturated carbocycles. The van der Waals surface area contributed by atoms with Crippen LogP contribution in [0.15, 0.2) is 18.3 Å². The Morgan fingerprint density at radius 1 is 1.56 bits per heavy atom. The van der Waals surface area contributed by atoms with Crippen LogP contribution >= 0.6 is 0 Å². The van der Waals surface area contributed by atoms with E-state index in [1.54, 1.807) is 12.1 Å². The summed E-state index contributed by atoms with van der Waals surface area (Å²) in [5.74, 6) is 0. The SMILES string of the molecule is [CH2]c1ccc(C#N)cn1. The third-order valence-electron chi connectivity index (χ3n) is 0.954. The molecule has 0 aliphatic heterocycles. The molecule has 0 unspecified atom stereocenters. The minimum absolute atomic E-state index is 0.572. The van der Waals surface area contributed by atoms with Crippen LogP contribution in [0, 0.1) is 18.3 Å². The van der Waals surface area contributed by atoms with Crippen molar-refractivity contribution in [3.63, 3.8) is 0 Å². The Morgan fingerprint density at radius 2 is 2.33 bits per heavy atom. The Bertz CT molecular complexity index is 230. The fourth-order valence-corrected chi connectivity index (χ4v) is 0.491. The van der Waals surface area contributed by atoms with Crippen molar-refractivity contribution >= 4 is 0 Å². The molecule has 0 spiro atoms. The summed E-state index contributed by atoms with van der Waals surface area (Å²) in [5, 5.41) is 8.32. The van der Waals surface area contributed by atoms with Crippen LogP contribution in [0.25, 0.3) is 0 Å². The van der Waals surface area contributed by atoms with E-state index in [0.717, 1.165) is 0 Å². The summed E-state index contributed by atoms with van der Waals surface area (Å²) in [5.41, 5.74) is 1.26. The van der Waals surface area contributed by atoms with E-state index in [1.165, 1.54) is 6.20 Å². The number of rotatable bonds is 0. The van der Waals surface area contributed by atoms with Gasteiger partial charge in [-0.3, -0.25) is 4.98 Å². The maximum absolute atomic E-state index is 8.32. The highest BCUT2D eigenvalue weighted by molar-refractivity contribution is 5.26. The third-order valence-corrected chi connectivity index (χ3v) is 0.954. The second-order valence-corrected chi connectivity index (χ2v) is 1.65. The van der Waals surface area contributed by atoms with Crippen molar-refractivity contribution < 1.29 is 0 Å². The lowest BCUT2D eigenvalue weighted by Crippen LogP contribution is -1.79. The minimum Gasteiger partial charge on any atom is -0.260 e. The van der Waals surface area contributed by atoms with Gasteiger partial charge in [0.2, 0.25) is 0 Å². The van der Waals surface area contributed by atoms with Crippen molar-refractivity contribution in [2.45, 2.75) is 0 Å². The predicted molar refractivity (Wildman–Crippen MR) is 33.4 cm³/mol. The molecule has 1 radical (unpaired) electrons. The maximum Gasteiger partial charge on any atom is 0.101 e. The molecule has 0 atom stereocenters. The van der Waals surface area contributed by atoms with Crippen LogP contribution in [0.1, 0.15) is 11.3 Å². The molecule has 9 heavy (non-hydrogen) atoms. The first-order valence-corrected chi connectivity index (χ1v) is 2.51. The monoisotopic (exact) mass is 117 g/mol. The van der Waals surface area contributed by atoms with E-state index < -0.39 is 0 Å². The fourth-order valence-electron chi connectivity index (χ4n) is 0.491.